The molecular formula is C17H29N3. The second-order valence-corrected chi connectivity index (χ2v) is 7.04. The van der Waals surface area contributed by atoms with Gasteiger partial charge < -0.3 is 9.88 Å². The summed E-state index contributed by atoms with van der Waals surface area (Å²) < 4.78 is 2.45. The molecule has 1 aromatic heterocycles. The summed E-state index contributed by atoms with van der Waals surface area (Å²) in [5.74, 6) is 2.69. The minimum absolute atomic E-state index is 0.648. The maximum Gasteiger partial charge on any atom is 0.203 e. The zero-order valence-corrected chi connectivity index (χ0v) is 13.0. The van der Waals surface area contributed by atoms with Crippen molar-refractivity contribution in [3.8, 4) is 0 Å². The maximum atomic E-state index is 4.60. The molecule has 2 atom stereocenters. The smallest absolute Gasteiger partial charge is 0.203 e. The van der Waals surface area contributed by atoms with Crippen LogP contribution in [0.5, 0.6) is 0 Å². The van der Waals surface area contributed by atoms with Crippen molar-refractivity contribution in [2.24, 2.45) is 11.8 Å². The Labute approximate surface area is 123 Å². The van der Waals surface area contributed by atoms with Gasteiger partial charge in [-0.1, -0.05) is 39.5 Å². The SMILES string of the molecule is CC(C)C1CCCCC1n1ccnc1NC1CCCC1. The van der Waals surface area contributed by atoms with Crippen LogP contribution in [0.3, 0.4) is 0 Å². The fourth-order valence-corrected chi connectivity index (χ4v) is 4.21. The minimum atomic E-state index is 0.648. The predicted molar refractivity (Wildman–Crippen MR) is 83.9 cm³/mol. The van der Waals surface area contributed by atoms with Crippen LogP contribution in [-0.2, 0) is 0 Å². The summed E-state index contributed by atoms with van der Waals surface area (Å²) in [5.41, 5.74) is 0. The Morgan fingerprint density at radius 2 is 1.80 bits per heavy atom. The second kappa shape index (κ2) is 6.19. The van der Waals surface area contributed by atoms with Crippen LogP contribution in [0.2, 0.25) is 0 Å². The summed E-state index contributed by atoms with van der Waals surface area (Å²) in [4.78, 5) is 4.60. The Morgan fingerprint density at radius 3 is 2.55 bits per heavy atom. The Balaban J connectivity index is 1.76. The summed E-state index contributed by atoms with van der Waals surface area (Å²) in [7, 11) is 0. The molecule has 0 radical (unpaired) electrons. The number of hydrogen-bond acceptors (Lipinski definition) is 2. The van der Waals surface area contributed by atoms with Gasteiger partial charge in [0.2, 0.25) is 5.95 Å². The normalized spacial score (nSPS) is 28.1. The van der Waals surface area contributed by atoms with Crippen molar-refractivity contribution in [3.63, 3.8) is 0 Å². The Hall–Kier alpha value is -0.990. The molecule has 2 fully saturated rings. The van der Waals surface area contributed by atoms with Crippen LogP contribution in [0.25, 0.3) is 0 Å². The van der Waals surface area contributed by atoms with Crippen LogP contribution in [0.4, 0.5) is 5.95 Å². The zero-order chi connectivity index (χ0) is 13.9. The first kappa shape index (κ1) is 14.0. The van der Waals surface area contributed by atoms with E-state index in [2.05, 4.69) is 34.9 Å². The molecule has 1 N–H and O–H groups in total. The highest BCUT2D eigenvalue weighted by Gasteiger charge is 2.30. The molecule has 112 valence electrons. The molecule has 2 aliphatic rings. The van der Waals surface area contributed by atoms with Gasteiger partial charge in [0.25, 0.3) is 0 Å². The first-order valence-corrected chi connectivity index (χ1v) is 8.55. The van der Waals surface area contributed by atoms with Crippen LogP contribution in [0.15, 0.2) is 12.4 Å². The van der Waals surface area contributed by atoms with Gasteiger partial charge in [0.15, 0.2) is 0 Å². The van der Waals surface area contributed by atoms with Crippen molar-refractivity contribution < 1.29 is 0 Å². The molecular weight excluding hydrogens is 246 g/mol. The van der Waals surface area contributed by atoms with E-state index < -0.39 is 0 Å². The van der Waals surface area contributed by atoms with E-state index in [1.54, 1.807) is 0 Å². The van der Waals surface area contributed by atoms with Gasteiger partial charge in [-0.2, -0.15) is 0 Å². The number of nitrogens with zero attached hydrogens (tertiary/aromatic N) is 2. The Bertz CT molecular complexity index is 418. The molecule has 3 rings (SSSR count). The lowest BCUT2D eigenvalue weighted by Crippen LogP contribution is -2.29. The number of nitrogens with one attached hydrogen (secondary N) is 1. The number of hydrogen-bond donors (Lipinski definition) is 1. The Morgan fingerprint density at radius 1 is 1.10 bits per heavy atom. The molecule has 1 aromatic rings. The van der Waals surface area contributed by atoms with Crippen LogP contribution in [-0.4, -0.2) is 15.6 Å². The number of imidazole rings is 1. The van der Waals surface area contributed by atoms with Gasteiger partial charge in [0.05, 0.1) is 0 Å². The summed E-state index contributed by atoms with van der Waals surface area (Å²) in [6.07, 6.45) is 15.0. The molecule has 3 nitrogen and oxygen atoms in total. The Kier molecular flexibility index (Phi) is 4.32. The van der Waals surface area contributed by atoms with E-state index in [-0.39, 0.29) is 0 Å². The summed E-state index contributed by atoms with van der Waals surface area (Å²) in [6.45, 7) is 4.76. The van der Waals surface area contributed by atoms with Gasteiger partial charge in [0.1, 0.15) is 0 Å². The highest BCUT2D eigenvalue weighted by Crippen LogP contribution is 2.39. The lowest BCUT2D eigenvalue weighted by Gasteiger charge is -2.36. The fourth-order valence-electron chi connectivity index (χ4n) is 4.21. The van der Waals surface area contributed by atoms with Crippen LogP contribution >= 0.6 is 0 Å². The van der Waals surface area contributed by atoms with Gasteiger partial charge in [-0.3, -0.25) is 0 Å². The first-order valence-electron chi connectivity index (χ1n) is 8.55. The third kappa shape index (κ3) is 2.87. The van der Waals surface area contributed by atoms with Crippen LogP contribution in [0, 0.1) is 11.8 Å². The van der Waals surface area contributed by atoms with E-state index in [1.165, 1.54) is 51.4 Å². The molecule has 2 saturated carbocycles. The van der Waals surface area contributed by atoms with Gasteiger partial charge in [-0.05, 0) is 37.5 Å². The number of anilines is 1. The van der Waals surface area contributed by atoms with Crippen molar-refractivity contribution >= 4 is 5.95 Å². The first-order chi connectivity index (χ1) is 9.75. The van der Waals surface area contributed by atoms with E-state index in [9.17, 15) is 0 Å². The molecule has 20 heavy (non-hydrogen) atoms. The summed E-state index contributed by atoms with van der Waals surface area (Å²) in [5, 5.41) is 3.70. The number of rotatable bonds is 4. The highest BCUT2D eigenvalue weighted by molar-refractivity contribution is 5.29. The molecule has 2 aliphatic carbocycles. The molecule has 0 aromatic carbocycles. The minimum Gasteiger partial charge on any atom is -0.353 e. The zero-order valence-electron chi connectivity index (χ0n) is 13.0. The fraction of sp³-hybridized carbons (Fsp3) is 0.824. The van der Waals surface area contributed by atoms with Crippen LogP contribution in [0.1, 0.15) is 71.3 Å². The van der Waals surface area contributed by atoms with Gasteiger partial charge in [-0.15, -0.1) is 0 Å². The van der Waals surface area contributed by atoms with Crippen molar-refractivity contribution in [2.45, 2.75) is 77.3 Å². The highest BCUT2D eigenvalue weighted by atomic mass is 15.2. The van der Waals surface area contributed by atoms with Gasteiger partial charge in [0, 0.05) is 24.5 Å². The quantitative estimate of drug-likeness (QED) is 0.868. The third-order valence-electron chi connectivity index (χ3n) is 5.35. The monoisotopic (exact) mass is 275 g/mol. The molecule has 2 unspecified atom stereocenters. The van der Waals surface area contributed by atoms with Crippen LogP contribution < -0.4 is 5.32 Å². The van der Waals surface area contributed by atoms with E-state index in [1.807, 2.05) is 6.20 Å². The molecule has 0 spiro atoms. The second-order valence-electron chi connectivity index (χ2n) is 7.04. The number of aromatic nitrogens is 2. The standard InChI is InChI=1S/C17H29N3/c1-13(2)15-9-5-6-10-16(15)20-12-11-18-17(20)19-14-7-3-4-8-14/h11-16H,3-10H2,1-2H3,(H,18,19). The molecule has 0 bridgehead atoms. The van der Waals surface area contributed by atoms with E-state index >= 15 is 0 Å². The van der Waals surface area contributed by atoms with E-state index in [0.29, 0.717) is 12.1 Å². The average Bonchev–Trinajstić information content (AvgIpc) is 3.11. The van der Waals surface area contributed by atoms with Crippen molar-refractivity contribution in [3.05, 3.63) is 12.4 Å². The van der Waals surface area contributed by atoms with E-state index in [0.717, 1.165) is 17.8 Å². The third-order valence-corrected chi connectivity index (χ3v) is 5.35. The van der Waals surface area contributed by atoms with Crippen molar-refractivity contribution in [1.29, 1.82) is 0 Å². The van der Waals surface area contributed by atoms with Gasteiger partial charge in [-0.25, -0.2) is 4.98 Å². The molecule has 1 heterocycles. The lowest BCUT2D eigenvalue weighted by molar-refractivity contribution is 0.185. The van der Waals surface area contributed by atoms with Gasteiger partial charge >= 0.3 is 0 Å². The summed E-state index contributed by atoms with van der Waals surface area (Å²) in [6, 6.07) is 1.30. The van der Waals surface area contributed by atoms with E-state index in [4.69, 9.17) is 0 Å². The van der Waals surface area contributed by atoms with Crippen molar-refractivity contribution in [1.82, 2.24) is 9.55 Å². The summed E-state index contributed by atoms with van der Waals surface area (Å²) >= 11 is 0. The maximum absolute atomic E-state index is 4.60. The lowest BCUT2D eigenvalue weighted by atomic mass is 9.77. The molecule has 0 saturated heterocycles. The molecule has 3 heteroatoms. The topological polar surface area (TPSA) is 29.9 Å². The molecule has 0 aliphatic heterocycles. The van der Waals surface area contributed by atoms with Crippen molar-refractivity contribution in [2.75, 3.05) is 5.32 Å². The molecule has 0 amide bonds. The largest absolute Gasteiger partial charge is 0.353 e. The predicted octanol–water partition coefficient (Wildman–Crippen LogP) is 4.62. The average molecular weight is 275 g/mol.